The zero-order valence-corrected chi connectivity index (χ0v) is 15.1. The minimum atomic E-state index is -1.04. The van der Waals surface area contributed by atoms with Gasteiger partial charge in [-0.1, -0.05) is 13.8 Å². The van der Waals surface area contributed by atoms with Gasteiger partial charge in [0.2, 0.25) is 0 Å². The molecule has 136 valence electrons. The van der Waals surface area contributed by atoms with Crippen LogP contribution in [0.2, 0.25) is 0 Å². The first-order valence-corrected chi connectivity index (χ1v) is 9.24. The van der Waals surface area contributed by atoms with Crippen LogP contribution in [-0.4, -0.2) is 45.1 Å². The zero-order chi connectivity index (χ0) is 18.6. The Labute approximate surface area is 150 Å². The molecule has 0 aliphatic carbocycles. The van der Waals surface area contributed by atoms with Crippen molar-refractivity contribution < 1.29 is 19.6 Å². The van der Waals surface area contributed by atoms with Gasteiger partial charge in [0, 0.05) is 18.2 Å². The maximum Gasteiger partial charge on any atom is 0.326 e. The monoisotopic (exact) mass is 366 g/mol. The molecular formula is C17H22N2O5S. The van der Waals surface area contributed by atoms with Crippen LogP contribution in [0.4, 0.5) is 5.69 Å². The number of nitro benzene ring substituents is 1. The highest BCUT2D eigenvalue weighted by atomic mass is 32.2. The van der Waals surface area contributed by atoms with Crippen LogP contribution in [0.5, 0.6) is 0 Å². The molecule has 0 radical (unpaired) electrons. The van der Waals surface area contributed by atoms with Crippen molar-refractivity contribution in [2.24, 2.45) is 5.92 Å². The van der Waals surface area contributed by atoms with Crippen LogP contribution in [-0.2, 0) is 4.79 Å². The van der Waals surface area contributed by atoms with Gasteiger partial charge in [-0.25, -0.2) is 4.79 Å². The lowest BCUT2D eigenvalue weighted by Gasteiger charge is -2.21. The summed E-state index contributed by atoms with van der Waals surface area (Å²) in [7, 11) is 0. The highest BCUT2D eigenvalue weighted by molar-refractivity contribution is 7.99. The smallest absolute Gasteiger partial charge is 0.326 e. The Balaban J connectivity index is 2.21. The largest absolute Gasteiger partial charge is 0.480 e. The van der Waals surface area contributed by atoms with Gasteiger partial charge in [0.25, 0.3) is 11.6 Å². The third-order valence-electron chi connectivity index (χ3n) is 4.15. The predicted octanol–water partition coefficient (Wildman–Crippen LogP) is 3.42. The predicted molar refractivity (Wildman–Crippen MR) is 95.0 cm³/mol. The summed E-state index contributed by atoms with van der Waals surface area (Å²) >= 11 is 1.40. The molecule has 1 aliphatic rings. The number of nitro groups is 1. The van der Waals surface area contributed by atoms with Crippen LogP contribution in [0.3, 0.4) is 0 Å². The maximum absolute atomic E-state index is 12.6. The Kier molecular flexibility index (Phi) is 6.41. The molecule has 1 aromatic carbocycles. The summed E-state index contributed by atoms with van der Waals surface area (Å²) in [4.78, 5) is 36.5. The fraction of sp³-hybridized carbons (Fsp3) is 0.529. The van der Waals surface area contributed by atoms with E-state index in [2.05, 4.69) is 13.8 Å². The first-order chi connectivity index (χ1) is 11.8. The molecule has 1 saturated heterocycles. The van der Waals surface area contributed by atoms with Crippen LogP contribution in [0, 0.1) is 16.0 Å². The number of hydrogen-bond donors (Lipinski definition) is 1. The van der Waals surface area contributed by atoms with Crippen molar-refractivity contribution in [1.82, 2.24) is 4.90 Å². The van der Waals surface area contributed by atoms with Gasteiger partial charge in [0.15, 0.2) is 0 Å². The van der Waals surface area contributed by atoms with E-state index < -0.39 is 22.8 Å². The maximum atomic E-state index is 12.6. The Hall–Kier alpha value is -2.09. The van der Waals surface area contributed by atoms with E-state index in [9.17, 15) is 24.8 Å². The van der Waals surface area contributed by atoms with Crippen molar-refractivity contribution >= 4 is 29.3 Å². The fourth-order valence-corrected chi connectivity index (χ4v) is 4.01. The topological polar surface area (TPSA) is 101 Å². The van der Waals surface area contributed by atoms with Crippen LogP contribution in [0.25, 0.3) is 0 Å². The molecule has 1 heterocycles. The van der Waals surface area contributed by atoms with Gasteiger partial charge in [-0.2, -0.15) is 0 Å². The van der Waals surface area contributed by atoms with E-state index in [1.165, 1.54) is 22.7 Å². The van der Waals surface area contributed by atoms with Gasteiger partial charge < -0.3 is 10.0 Å². The first kappa shape index (κ1) is 19.2. The minimum Gasteiger partial charge on any atom is -0.480 e. The number of likely N-dealkylation sites (tertiary alicyclic amines) is 1. The number of carbonyl (C=O) groups is 2. The van der Waals surface area contributed by atoms with E-state index in [4.69, 9.17) is 0 Å². The molecule has 0 bridgehead atoms. The number of benzene rings is 1. The van der Waals surface area contributed by atoms with Gasteiger partial charge in [-0.15, -0.1) is 11.8 Å². The molecule has 0 spiro atoms. The Morgan fingerprint density at radius 2 is 2.16 bits per heavy atom. The van der Waals surface area contributed by atoms with Crippen molar-refractivity contribution in [1.29, 1.82) is 0 Å². The first-order valence-electron chi connectivity index (χ1n) is 8.26. The molecule has 7 nitrogen and oxygen atoms in total. The van der Waals surface area contributed by atoms with Crippen LogP contribution < -0.4 is 0 Å². The van der Waals surface area contributed by atoms with E-state index >= 15 is 0 Å². The number of aliphatic carboxylic acids is 1. The minimum absolute atomic E-state index is 0.106. The number of nitrogens with zero attached hydrogens (tertiary/aromatic N) is 2. The average molecular weight is 366 g/mol. The fourth-order valence-electron chi connectivity index (χ4n) is 2.75. The zero-order valence-electron chi connectivity index (χ0n) is 14.3. The molecule has 1 aliphatic heterocycles. The van der Waals surface area contributed by atoms with Gasteiger partial charge in [0.1, 0.15) is 6.04 Å². The standard InChI is InChI=1S/C17H22N2O5S/c1-11(2)7-9-25-15-6-5-12(10-14(15)19(23)24)16(20)18-8-3-4-13(18)17(21)22/h5-6,10-11,13H,3-4,7-9H2,1-2H3,(H,21,22). The molecule has 1 atom stereocenters. The van der Waals surface area contributed by atoms with E-state index in [1.807, 2.05) is 0 Å². The second-order valence-corrected chi connectivity index (χ2v) is 7.60. The van der Waals surface area contributed by atoms with E-state index in [0.717, 1.165) is 12.2 Å². The highest BCUT2D eigenvalue weighted by Crippen LogP contribution is 2.32. The van der Waals surface area contributed by atoms with Crippen molar-refractivity contribution in [2.75, 3.05) is 12.3 Å². The summed E-state index contributed by atoms with van der Waals surface area (Å²) in [5.41, 5.74) is 0.0544. The summed E-state index contributed by atoms with van der Waals surface area (Å²) in [5.74, 6) is -0.234. The number of carboxylic acid groups (broad SMARTS) is 1. The Morgan fingerprint density at radius 3 is 2.76 bits per heavy atom. The number of thioether (sulfide) groups is 1. The van der Waals surface area contributed by atoms with Crippen LogP contribution in [0.15, 0.2) is 23.1 Å². The van der Waals surface area contributed by atoms with Gasteiger partial charge >= 0.3 is 5.97 Å². The number of hydrogen-bond acceptors (Lipinski definition) is 5. The molecule has 8 heteroatoms. The van der Waals surface area contributed by atoms with Gasteiger partial charge in [-0.05, 0) is 43.1 Å². The number of carbonyl (C=O) groups excluding carboxylic acids is 1. The average Bonchev–Trinajstić information content (AvgIpc) is 3.03. The van der Waals surface area contributed by atoms with Crippen molar-refractivity contribution in [3.63, 3.8) is 0 Å². The lowest BCUT2D eigenvalue weighted by atomic mass is 10.1. The quantitative estimate of drug-likeness (QED) is 0.451. The van der Waals surface area contributed by atoms with Crippen molar-refractivity contribution in [3.8, 4) is 0 Å². The molecule has 0 saturated carbocycles. The molecule has 1 unspecified atom stereocenters. The molecular weight excluding hydrogens is 344 g/mol. The molecule has 1 aromatic rings. The number of carboxylic acids is 1. The van der Waals surface area contributed by atoms with Crippen LogP contribution >= 0.6 is 11.8 Å². The normalized spacial score (nSPS) is 17.1. The van der Waals surface area contributed by atoms with Gasteiger partial charge in [0.05, 0.1) is 9.82 Å². The summed E-state index contributed by atoms with van der Waals surface area (Å²) in [6, 6.07) is 3.54. The lowest BCUT2D eigenvalue weighted by molar-refractivity contribution is -0.387. The SMILES string of the molecule is CC(C)CCSc1ccc(C(=O)N2CCCC2C(=O)O)cc1[N+](=O)[O-]. The Morgan fingerprint density at radius 1 is 1.44 bits per heavy atom. The molecule has 2 rings (SSSR count). The summed E-state index contributed by atoms with van der Waals surface area (Å²) in [6.07, 6.45) is 1.97. The lowest BCUT2D eigenvalue weighted by Crippen LogP contribution is -2.40. The third-order valence-corrected chi connectivity index (χ3v) is 5.25. The molecule has 1 N–H and O–H groups in total. The summed E-state index contributed by atoms with van der Waals surface area (Å²) < 4.78 is 0. The van der Waals surface area contributed by atoms with Crippen molar-refractivity contribution in [3.05, 3.63) is 33.9 Å². The molecule has 1 fully saturated rings. The third kappa shape index (κ3) is 4.72. The Bertz CT molecular complexity index is 677. The number of rotatable bonds is 7. The second-order valence-electron chi connectivity index (χ2n) is 6.47. The van der Waals surface area contributed by atoms with E-state index in [0.29, 0.717) is 30.2 Å². The van der Waals surface area contributed by atoms with Crippen LogP contribution in [0.1, 0.15) is 43.5 Å². The van der Waals surface area contributed by atoms with E-state index in [1.54, 1.807) is 12.1 Å². The highest BCUT2D eigenvalue weighted by Gasteiger charge is 2.35. The summed E-state index contributed by atoms with van der Waals surface area (Å²) in [5, 5.41) is 20.6. The van der Waals surface area contributed by atoms with E-state index in [-0.39, 0.29) is 11.3 Å². The van der Waals surface area contributed by atoms with Crippen molar-refractivity contribution in [2.45, 2.75) is 44.0 Å². The summed E-state index contributed by atoms with van der Waals surface area (Å²) in [6.45, 7) is 4.53. The molecule has 0 aromatic heterocycles. The van der Waals surface area contributed by atoms with Gasteiger partial charge in [-0.3, -0.25) is 14.9 Å². The molecule has 25 heavy (non-hydrogen) atoms. The second kappa shape index (κ2) is 8.33. The number of amides is 1. The molecule has 1 amide bonds.